The van der Waals surface area contributed by atoms with Crippen molar-refractivity contribution in [3.05, 3.63) is 93.9 Å². The number of urea groups is 1. The van der Waals surface area contributed by atoms with Crippen LogP contribution in [0.1, 0.15) is 22.6 Å². The predicted molar refractivity (Wildman–Crippen MR) is 132 cm³/mol. The molecule has 7 nitrogen and oxygen atoms in total. The summed E-state index contributed by atoms with van der Waals surface area (Å²) in [5.41, 5.74) is 5.20. The Morgan fingerprint density at radius 3 is 2.58 bits per heavy atom. The van der Waals surface area contributed by atoms with Crippen molar-refractivity contribution in [3.63, 3.8) is 0 Å². The van der Waals surface area contributed by atoms with Gasteiger partial charge in [0, 0.05) is 35.8 Å². The van der Waals surface area contributed by atoms with E-state index in [1.165, 1.54) is 0 Å². The van der Waals surface area contributed by atoms with E-state index < -0.39 is 0 Å². The van der Waals surface area contributed by atoms with Gasteiger partial charge in [-0.05, 0) is 66.9 Å². The summed E-state index contributed by atoms with van der Waals surface area (Å²) < 4.78 is 1.72. The highest BCUT2D eigenvalue weighted by atomic mass is 16.2. The first-order chi connectivity index (χ1) is 16.0. The minimum atomic E-state index is -0.287. The molecule has 7 heteroatoms. The second kappa shape index (κ2) is 8.43. The summed E-state index contributed by atoms with van der Waals surface area (Å²) in [6.07, 6.45) is 0. The minimum absolute atomic E-state index is 0.119. The van der Waals surface area contributed by atoms with Crippen LogP contribution < -0.4 is 21.6 Å². The largest absolute Gasteiger partial charge is 0.370 e. The van der Waals surface area contributed by atoms with E-state index in [-0.39, 0.29) is 17.6 Å². The Labute approximate surface area is 191 Å². The number of benzene rings is 3. The number of aromatic nitrogens is 2. The predicted octanol–water partition coefficient (Wildman–Crippen LogP) is 4.87. The summed E-state index contributed by atoms with van der Waals surface area (Å²) in [7, 11) is 0. The van der Waals surface area contributed by atoms with Crippen LogP contribution in [0.25, 0.3) is 10.9 Å². The van der Waals surface area contributed by atoms with Gasteiger partial charge in [0.15, 0.2) is 0 Å². The molecule has 0 bridgehead atoms. The lowest BCUT2D eigenvalue weighted by molar-refractivity contribution is 0.262. The highest BCUT2D eigenvalue weighted by Gasteiger charge is 2.24. The number of amides is 2. The normalized spacial score (nSPS) is 14.9. The molecule has 0 aliphatic carbocycles. The number of aryl methyl sites for hydroxylation is 2. The minimum Gasteiger partial charge on any atom is -0.370 e. The first kappa shape index (κ1) is 20.8. The molecular weight excluding hydrogens is 414 g/mol. The number of para-hydroxylation sites is 1. The Hall–Kier alpha value is -4.13. The summed E-state index contributed by atoms with van der Waals surface area (Å²) in [5, 5.41) is 10.1. The van der Waals surface area contributed by atoms with Crippen molar-refractivity contribution in [2.24, 2.45) is 0 Å². The number of carbonyl (C=O) groups is 1. The molecule has 0 fully saturated rings. The number of nitrogens with one attached hydrogen (secondary N) is 3. The molecule has 1 unspecified atom stereocenters. The lowest BCUT2D eigenvalue weighted by Gasteiger charge is -2.29. The fourth-order valence-corrected chi connectivity index (χ4v) is 4.48. The summed E-state index contributed by atoms with van der Waals surface area (Å²) >= 11 is 0. The lowest BCUT2D eigenvalue weighted by Crippen LogP contribution is -2.35. The smallest absolute Gasteiger partial charge is 0.349 e. The number of hydrogen-bond acceptors (Lipinski definition) is 4. The standard InChI is InChI=1S/C26H25N5O2/c1-16-6-5-7-19(12-16)28-25(32)29-20-10-11-21(17(2)13-20)18-14-27-24-22-8-3-4-9-23(22)30-26(33)31(24)15-18/h3-13,18,27H,14-15H2,1-2H3,(H2,28,29,32). The van der Waals surface area contributed by atoms with E-state index in [1.807, 2.05) is 80.6 Å². The van der Waals surface area contributed by atoms with Gasteiger partial charge in [-0.15, -0.1) is 0 Å². The topological polar surface area (TPSA) is 88.1 Å². The first-order valence-corrected chi connectivity index (χ1v) is 11.0. The maximum Gasteiger partial charge on any atom is 0.349 e. The fraction of sp³-hybridized carbons (Fsp3) is 0.192. The lowest BCUT2D eigenvalue weighted by atomic mass is 9.92. The third-order valence-corrected chi connectivity index (χ3v) is 6.04. The summed E-state index contributed by atoms with van der Waals surface area (Å²) in [5.74, 6) is 0.943. The Bertz CT molecular complexity index is 1430. The summed E-state index contributed by atoms with van der Waals surface area (Å²) in [6, 6.07) is 20.9. The molecule has 5 rings (SSSR count). The van der Waals surface area contributed by atoms with Gasteiger partial charge in [-0.1, -0.05) is 30.3 Å². The average molecular weight is 440 g/mol. The molecular formula is C26H25N5O2. The van der Waals surface area contributed by atoms with Crippen LogP contribution >= 0.6 is 0 Å². The van der Waals surface area contributed by atoms with Crippen LogP contribution in [-0.2, 0) is 6.54 Å². The molecule has 0 saturated heterocycles. The Morgan fingerprint density at radius 2 is 1.79 bits per heavy atom. The number of carbonyl (C=O) groups excluding carboxylic acids is 1. The van der Waals surface area contributed by atoms with Gasteiger partial charge in [0.2, 0.25) is 0 Å². The molecule has 3 N–H and O–H groups in total. The van der Waals surface area contributed by atoms with Crippen molar-refractivity contribution >= 4 is 34.1 Å². The zero-order chi connectivity index (χ0) is 22.9. The molecule has 2 heterocycles. The first-order valence-electron chi connectivity index (χ1n) is 11.0. The third-order valence-electron chi connectivity index (χ3n) is 6.04. The summed E-state index contributed by atoms with van der Waals surface area (Å²) in [4.78, 5) is 29.3. The van der Waals surface area contributed by atoms with Crippen LogP contribution in [0.3, 0.4) is 0 Å². The van der Waals surface area contributed by atoms with Gasteiger partial charge in [-0.25, -0.2) is 9.59 Å². The Balaban J connectivity index is 1.33. The van der Waals surface area contributed by atoms with Gasteiger partial charge in [0.05, 0.1) is 5.52 Å². The van der Waals surface area contributed by atoms with Crippen molar-refractivity contribution in [2.45, 2.75) is 26.3 Å². The molecule has 2 amide bonds. The molecule has 1 atom stereocenters. The number of rotatable bonds is 3. The van der Waals surface area contributed by atoms with Gasteiger partial charge in [-0.3, -0.25) is 4.57 Å². The van der Waals surface area contributed by atoms with Crippen LogP contribution in [0.15, 0.2) is 71.5 Å². The van der Waals surface area contributed by atoms with Gasteiger partial charge >= 0.3 is 11.7 Å². The molecule has 4 aromatic rings. The Morgan fingerprint density at radius 1 is 1.00 bits per heavy atom. The Kier molecular flexibility index (Phi) is 5.30. The quantitative estimate of drug-likeness (QED) is 0.425. The van der Waals surface area contributed by atoms with Crippen molar-refractivity contribution in [1.82, 2.24) is 9.55 Å². The second-order valence-corrected chi connectivity index (χ2v) is 8.47. The van der Waals surface area contributed by atoms with Gasteiger partial charge in [0.1, 0.15) is 5.82 Å². The van der Waals surface area contributed by atoms with Crippen molar-refractivity contribution < 1.29 is 4.79 Å². The van der Waals surface area contributed by atoms with Crippen LogP contribution in [0, 0.1) is 13.8 Å². The van der Waals surface area contributed by atoms with E-state index >= 15 is 0 Å². The monoisotopic (exact) mass is 439 g/mol. The van der Waals surface area contributed by atoms with Gasteiger partial charge < -0.3 is 16.0 Å². The molecule has 0 spiro atoms. The second-order valence-electron chi connectivity index (χ2n) is 8.47. The molecule has 1 aromatic heterocycles. The highest BCUT2D eigenvalue weighted by Crippen LogP contribution is 2.31. The van der Waals surface area contributed by atoms with E-state index in [4.69, 9.17) is 0 Å². The van der Waals surface area contributed by atoms with Crippen molar-refractivity contribution in [2.75, 3.05) is 22.5 Å². The zero-order valence-electron chi connectivity index (χ0n) is 18.6. The molecule has 0 saturated carbocycles. The third kappa shape index (κ3) is 4.17. The highest BCUT2D eigenvalue weighted by molar-refractivity contribution is 5.99. The van der Waals surface area contributed by atoms with Gasteiger partial charge in [0.25, 0.3) is 0 Å². The van der Waals surface area contributed by atoms with E-state index in [0.717, 1.165) is 45.8 Å². The van der Waals surface area contributed by atoms with Crippen molar-refractivity contribution in [1.29, 1.82) is 0 Å². The average Bonchev–Trinajstić information content (AvgIpc) is 2.79. The SMILES string of the molecule is Cc1cccc(NC(=O)Nc2ccc(C3CNc4c5ccccc5nc(=O)n4C3)c(C)c2)c1. The molecule has 33 heavy (non-hydrogen) atoms. The van der Waals surface area contributed by atoms with E-state index in [1.54, 1.807) is 4.57 Å². The molecule has 1 aliphatic heterocycles. The molecule has 166 valence electrons. The molecule has 1 aliphatic rings. The number of nitrogens with zero attached hydrogens (tertiary/aromatic N) is 2. The number of fused-ring (bicyclic) bond motifs is 3. The van der Waals surface area contributed by atoms with Crippen LogP contribution in [0.2, 0.25) is 0 Å². The van der Waals surface area contributed by atoms with E-state index in [2.05, 4.69) is 20.9 Å². The fourth-order valence-electron chi connectivity index (χ4n) is 4.48. The zero-order valence-corrected chi connectivity index (χ0v) is 18.6. The van der Waals surface area contributed by atoms with Crippen LogP contribution in [-0.4, -0.2) is 22.1 Å². The van der Waals surface area contributed by atoms with E-state index in [0.29, 0.717) is 12.1 Å². The number of hydrogen-bond donors (Lipinski definition) is 3. The van der Waals surface area contributed by atoms with Gasteiger partial charge in [-0.2, -0.15) is 4.98 Å². The van der Waals surface area contributed by atoms with E-state index in [9.17, 15) is 9.59 Å². The van der Waals surface area contributed by atoms with Crippen molar-refractivity contribution in [3.8, 4) is 0 Å². The van der Waals surface area contributed by atoms with Crippen LogP contribution in [0.5, 0.6) is 0 Å². The summed E-state index contributed by atoms with van der Waals surface area (Å²) in [6.45, 7) is 5.28. The maximum absolute atomic E-state index is 12.6. The number of anilines is 3. The maximum atomic E-state index is 12.6. The molecule has 0 radical (unpaired) electrons. The van der Waals surface area contributed by atoms with Crippen LogP contribution in [0.4, 0.5) is 22.0 Å². The molecule has 3 aromatic carbocycles.